The molecule has 1 fully saturated rings. The van der Waals surface area contributed by atoms with Crippen molar-refractivity contribution in [2.45, 2.75) is 26.2 Å². The van der Waals surface area contributed by atoms with Gasteiger partial charge in [0.15, 0.2) is 0 Å². The molecule has 1 atom stereocenters. The number of anilines is 1. The maximum absolute atomic E-state index is 12.9. The number of aromatic nitrogens is 2. The fraction of sp³-hybridized carbons (Fsp3) is 0.500. The molecule has 2 aromatic rings. The lowest BCUT2D eigenvalue weighted by Crippen LogP contribution is -2.51. The smallest absolute Gasteiger partial charge is 0.226 e. The SMILES string of the molecule is Cc1nc2c(s1)CC(C(=O)N1CCN(c3ccccn3)CC1)CC2. The topological polar surface area (TPSA) is 49.3 Å². The molecule has 5 nitrogen and oxygen atoms in total. The second-order valence-corrected chi connectivity index (χ2v) is 7.83. The van der Waals surface area contributed by atoms with Crippen molar-refractivity contribution in [2.75, 3.05) is 31.1 Å². The largest absolute Gasteiger partial charge is 0.353 e. The van der Waals surface area contributed by atoms with Crippen LogP contribution in [0.4, 0.5) is 5.82 Å². The Morgan fingerprint density at radius 1 is 1.25 bits per heavy atom. The molecule has 3 heterocycles. The van der Waals surface area contributed by atoms with E-state index in [9.17, 15) is 4.79 Å². The Bertz CT molecular complexity index is 722. The van der Waals surface area contributed by atoms with Crippen molar-refractivity contribution in [3.8, 4) is 0 Å². The number of hydrogen-bond acceptors (Lipinski definition) is 5. The molecule has 6 heteroatoms. The van der Waals surface area contributed by atoms with Crippen molar-refractivity contribution in [3.05, 3.63) is 40.0 Å². The molecular formula is C18H22N4OS. The predicted octanol–water partition coefficient (Wildman–Crippen LogP) is 2.30. The summed E-state index contributed by atoms with van der Waals surface area (Å²) < 4.78 is 0. The molecule has 1 saturated heterocycles. The molecule has 0 spiro atoms. The van der Waals surface area contributed by atoms with Crippen molar-refractivity contribution in [2.24, 2.45) is 5.92 Å². The Morgan fingerprint density at radius 2 is 2.08 bits per heavy atom. The molecule has 24 heavy (non-hydrogen) atoms. The van der Waals surface area contributed by atoms with Gasteiger partial charge in [-0.15, -0.1) is 11.3 Å². The number of piperazine rings is 1. The monoisotopic (exact) mass is 342 g/mol. The lowest BCUT2D eigenvalue weighted by atomic mass is 9.90. The highest BCUT2D eigenvalue weighted by molar-refractivity contribution is 7.11. The van der Waals surface area contributed by atoms with Crippen molar-refractivity contribution >= 4 is 23.1 Å². The van der Waals surface area contributed by atoms with Crippen LogP contribution in [-0.2, 0) is 17.6 Å². The van der Waals surface area contributed by atoms with Crippen molar-refractivity contribution < 1.29 is 4.79 Å². The third-order valence-electron chi connectivity index (χ3n) is 4.96. The third-order valence-corrected chi connectivity index (χ3v) is 6.00. The van der Waals surface area contributed by atoms with E-state index in [4.69, 9.17) is 0 Å². The molecule has 2 aromatic heterocycles. The molecular weight excluding hydrogens is 320 g/mol. The molecule has 2 aliphatic rings. The van der Waals surface area contributed by atoms with Crippen LogP contribution in [0.25, 0.3) is 0 Å². The lowest BCUT2D eigenvalue weighted by Gasteiger charge is -2.37. The van der Waals surface area contributed by atoms with Gasteiger partial charge >= 0.3 is 0 Å². The fourth-order valence-electron chi connectivity index (χ4n) is 3.67. The number of carbonyl (C=O) groups excluding carboxylic acids is 1. The zero-order chi connectivity index (χ0) is 16.5. The normalized spacial score (nSPS) is 20.8. The van der Waals surface area contributed by atoms with Gasteiger partial charge in [-0.1, -0.05) is 6.07 Å². The van der Waals surface area contributed by atoms with E-state index in [1.54, 1.807) is 11.3 Å². The second kappa shape index (κ2) is 6.51. The summed E-state index contributed by atoms with van der Waals surface area (Å²) in [6.07, 6.45) is 4.59. The zero-order valence-corrected chi connectivity index (χ0v) is 14.8. The summed E-state index contributed by atoms with van der Waals surface area (Å²) in [5, 5.41) is 1.12. The summed E-state index contributed by atoms with van der Waals surface area (Å²) in [6, 6.07) is 5.98. The van der Waals surface area contributed by atoms with E-state index in [0.717, 1.165) is 56.3 Å². The number of fused-ring (bicyclic) bond motifs is 1. The Hall–Kier alpha value is -1.95. The van der Waals surface area contributed by atoms with Crippen LogP contribution in [0.3, 0.4) is 0 Å². The standard InChI is InChI=1S/C18H22N4OS/c1-13-20-15-6-5-14(12-16(15)24-13)18(23)22-10-8-21(9-11-22)17-4-2-3-7-19-17/h2-4,7,14H,5-6,8-12H2,1H3. The van der Waals surface area contributed by atoms with E-state index in [2.05, 4.69) is 21.8 Å². The molecule has 0 bridgehead atoms. The number of thiazole rings is 1. The minimum Gasteiger partial charge on any atom is -0.353 e. The average Bonchev–Trinajstić information content (AvgIpc) is 3.01. The van der Waals surface area contributed by atoms with Crippen LogP contribution in [0, 0.1) is 12.8 Å². The first kappa shape index (κ1) is 15.6. The van der Waals surface area contributed by atoms with E-state index < -0.39 is 0 Å². The first-order valence-electron chi connectivity index (χ1n) is 8.60. The summed E-state index contributed by atoms with van der Waals surface area (Å²) in [5.41, 5.74) is 1.22. The molecule has 0 saturated carbocycles. The maximum Gasteiger partial charge on any atom is 0.226 e. The number of pyridine rings is 1. The molecule has 0 aromatic carbocycles. The lowest BCUT2D eigenvalue weighted by molar-refractivity contribution is -0.136. The molecule has 0 N–H and O–H groups in total. The highest BCUT2D eigenvalue weighted by Crippen LogP contribution is 2.31. The minimum absolute atomic E-state index is 0.138. The molecule has 0 radical (unpaired) electrons. The molecule has 4 rings (SSSR count). The zero-order valence-electron chi connectivity index (χ0n) is 13.9. The van der Waals surface area contributed by atoms with Gasteiger partial charge in [0.25, 0.3) is 0 Å². The number of aryl methyl sites for hydroxylation is 2. The van der Waals surface area contributed by atoms with Crippen LogP contribution in [-0.4, -0.2) is 47.0 Å². The summed E-state index contributed by atoms with van der Waals surface area (Å²) >= 11 is 1.76. The van der Waals surface area contributed by atoms with Crippen LogP contribution in [0.1, 0.15) is 22.0 Å². The number of amides is 1. The number of carbonyl (C=O) groups is 1. The van der Waals surface area contributed by atoms with Crippen LogP contribution >= 0.6 is 11.3 Å². The molecule has 1 aliphatic carbocycles. The Labute approximate surface area is 146 Å². The molecule has 1 aliphatic heterocycles. The van der Waals surface area contributed by atoms with Crippen LogP contribution in [0.2, 0.25) is 0 Å². The first-order chi connectivity index (χ1) is 11.7. The van der Waals surface area contributed by atoms with Gasteiger partial charge in [-0.3, -0.25) is 4.79 Å². The Morgan fingerprint density at radius 3 is 2.83 bits per heavy atom. The molecule has 126 valence electrons. The summed E-state index contributed by atoms with van der Waals surface area (Å²) in [4.78, 5) is 27.5. The summed E-state index contributed by atoms with van der Waals surface area (Å²) in [6.45, 7) is 5.36. The second-order valence-electron chi connectivity index (χ2n) is 6.54. The molecule has 1 amide bonds. The van der Waals surface area contributed by atoms with E-state index >= 15 is 0 Å². The van der Waals surface area contributed by atoms with Gasteiger partial charge in [0, 0.05) is 43.2 Å². The summed E-state index contributed by atoms with van der Waals surface area (Å²) in [5.74, 6) is 1.47. The van der Waals surface area contributed by atoms with E-state index in [1.165, 1.54) is 10.6 Å². The maximum atomic E-state index is 12.9. The first-order valence-corrected chi connectivity index (χ1v) is 9.42. The van der Waals surface area contributed by atoms with E-state index in [-0.39, 0.29) is 5.92 Å². The Kier molecular flexibility index (Phi) is 4.22. The van der Waals surface area contributed by atoms with Gasteiger partial charge < -0.3 is 9.80 Å². The van der Waals surface area contributed by atoms with Crippen LogP contribution < -0.4 is 4.90 Å². The van der Waals surface area contributed by atoms with Gasteiger partial charge in [0.2, 0.25) is 5.91 Å². The number of hydrogen-bond donors (Lipinski definition) is 0. The van der Waals surface area contributed by atoms with Crippen LogP contribution in [0.15, 0.2) is 24.4 Å². The quantitative estimate of drug-likeness (QED) is 0.840. The number of rotatable bonds is 2. The minimum atomic E-state index is 0.138. The van der Waals surface area contributed by atoms with E-state index in [1.807, 2.05) is 29.3 Å². The van der Waals surface area contributed by atoms with Crippen LogP contribution in [0.5, 0.6) is 0 Å². The Balaban J connectivity index is 1.37. The van der Waals surface area contributed by atoms with Crippen molar-refractivity contribution in [1.82, 2.24) is 14.9 Å². The van der Waals surface area contributed by atoms with Crippen molar-refractivity contribution in [1.29, 1.82) is 0 Å². The molecule has 1 unspecified atom stereocenters. The average molecular weight is 342 g/mol. The van der Waals surface area contributed by atoms with Gasteiger partial charge in [0.05, 0.1) is 10.7 Å². The van der Waals surface area contributed by atoms with Gasteiger partial charge in [-0.25, -0.2) is 9.97 Å². The highest BCUT2D eigenvalue weighted by atomic mass is 32.1. The van der Waals surface area contributed by atoms with Gasteiger partial charge in [0.1, 0.15) is 5.82 Å². The van der Waals surface area contributed by atoms with Gasteiger partial charge in [-0.05, 0) is 38.3 Å². The van der Waals surface area contributed by atoms with Crippen molar-refractivity contribution in [3.63, 3.8) is 0 Å². The van der Waals surface area contributed by atoms with Gasteiger partial charge in [-0.2, -0.15) is 0 Å². The highest BCUT2D eigenvalue weighted by Gasteiger charge is 2.31. The third kappa shape index (κ3) is 3.02. The number of nitrogens with zero attached hydrogens (tertiary/aromatic N) is 4. The summed E-state index contributed by atoms with van der Waals surface area (Å²) in [7, 11) is 0. The fourth-order valence-corrected chi connectivity index (χ4v) is 4.73. The van der Waals surface area contributed by atoms with E-state index in [0.29, 0.717) is 5.91 Å². The predicted molar refractivity (Wildman–Crippen MR) is 95.4 cm³/mol.